The minimum absolute atomic E-state index is 0.00788. The van der Waals surface area contributed by atoms with E-state index >= 15 is 0 Å². The zero-order valence-corrected chi connectivity index (χ0v) is 18.0. The molecular formula is C22H27N3O5S. The van der Waals surface area contributed by atoms with Crippen molar-refractivity contribution in [1.82, 2.24) is 4.90 Å². The molecule has 0 aromatic heterocycles. The molecule has 3 N–H and O–H groups in total. The van der Waals surface area contributed by atoms with Crippen molar-refractivity contribution in [3.05, 3.63) is 54.6 Å². The van der Waals surface area contributed by atoms with Gasteiger partial charge >= 0.3 is 0 Å². The molecule has 2 aromatic carbocycles. The summed E-state index contributed by atoms with van der Waals surface area (Å²) in [5.41, 5.74) is 0.509. The van der Waals surface area contributed by atoms with Crippen molar-refractivity contribution in [2.75, 3.05) is 25.0 Å². The quantitative estimate of drug-likeness (QED) is 0.605. The van der Waals surface area contributed by atoms with Gasteiger partial charge in [-0.3, -0.25) is 9.59 Å². The second kappa shape index (κ2) is 10.4. The van der Waals surface area contributed by atoms with Gasteiger partial charge in [-0.2, -0.15) is 0 Å². The van der Waals surface area contributed by atoms with Gasteiger partial charge in [-0.25, -0.2) is 13.6 Å². The Hall–Kier alpha value is -2.91. The van der Waals surface area contributed by atoms with Gasteiger partial charge < -0.3 is 15.0 Å². The number of benzene rings is 2. The van der Waals surface area contributed by atoms with Crippen molar-refractivity contribution in [2.24, 2.45) is 11.1 Å². The number of carbonyl (C=O) groups excluding carboxylic acids is 2. The van der Waals surface area contributed by atoms with Crippen LogP contribution in [0.5, 0.6) is 5.75 Å². The number of hydrogen-bond donors (Lipinski definition) is 2. The van der Waals surface area contributed by atoms with E-state index < -0.39 is 10.0 Å². The summed E-state index contributed by atoms with van der Waals surface area (Å²) in [7, 11) is -3.76. The van der Waals surface area contributed by atoms with E-state index in [4.69, 9.17) is 9.88 Å². The lowest BCUT2D eigenvalue weighted by atomic mass is 9.95. The fraction of sp³-hybridized carbons (Fsp3) is 0.364. The number of nitrogens with one attached hydrogen (secondary N) is 1. The molecule has 0 saturated carbocycles. The summed E-state index contributed by atoms with van der Waals surface area (Å²) >= 11 is 0. The Kier molecular flexibility index (Phi) is 7.64. The predicted molar refractivity (Wildman–Crippen MR) is 117 cm³/mol. The first-order valence-corrected chi connectivity index (χ1v) is 11.8. The number of ether oxygens (including phenoxy) is 1. The van der Waals surface area contributed by atoms with Crippen LogP contribution in [0.25, 0.3) is 0 Å². The molecular weight excluding hydrogens is 418 g/mol. The molecule has 3 rings (SSSR count). The molecule has 31 heavy (non-hydrogen) atoms. The molecule has 0 radical (unpaired) electrons. The maximum Gasteiger partial charge on any atom is 0.238 e. The summed E-state index contributed by atoms with van der Waals surface area (Å²) in [6, 6.07) is 15.2. The highest BCUT2D eigenvalue weighted by atomic mass is 32.2. The van der Waals surface area contributed by atoms with E-state index in [1.54, 1.807) is 4.90 Å². The van der Waals surface area contributed by atoms with Gasteiger partial charge in [0, 0.05) is 31.1 Å². The fourth-order valence-electron chi connectivity index (χ4n) is 3.45. The number of rotatable bonds is 8. The molecule has 9 heteroatoms. The number of nitrogens with two attached hydrogens (primary N) is 1. The van der Waals surface area contributed by atoms with E-state index in [0.717, 1.165) is 5.75 Å². The van der Waals surface area contributed by atoms with Crippen LogP contribution in [0.2, 0.25) is 0 Å². The summed E-state index contributed by atoms with van der Waals surface area (Å²) in [6.45, 7) is 1.57. The zero-order valence-electron chi connectivity index (χ0n) is 17.2. The van der Waals surface area contributed by atoms with Crippen molar-refractivity contribution in [2.45, 2.75) is 30.6 Å². The Morgan fingerprint density at radius 3 is 2.29 bits per heavy atom. The van der Waals surface area contributed by atoms with Crippen LogP contribution in [0.3, 0.4) is 0 Å². The molecule has 1 fully saturated rings. The van der Waals surface area contributed by atoms with Crippen molar-refractivity contribution in [3.8, 4) is 5.75 Å². The lowest BCUT2D eigenvalue weighted by Crippen LogP contribution is -2.41. The van der Waals surface area contributed by atoms with Gasteiger partial charge in [0.25, 0.3) is 0 Å². The third kappa shape index (κ3) is 6.80. The molecule has 0 aliphatic carbocycles. The zero-order chi connectivity index (χ0) is 22.3. The van der Waals surface area contributed by atoms with Gasteiger partial charge in [0.1, 0.15) is 5.75 Å². The highest BCUT2D eigenvalue weighted by Crippen LogP contribution is 2.21. The van der Waals surface area contributed by atoms with Gasteiger partial charge in [-0.15, -0.1) is 0 Å². The van der Waals surface area contributed by atoms with Crippen LogP contribution in [0.15, 0.2) is 59.5 Å². The highest BCUT2D eigenvalue weighted by Gasteiger charge is 2.27. The van der Waals surface area contributed by atoms with E-state index in [0.29, 0.717) is 51.1 Å². The summed E-state index contributed by atoms with van der Waals surface area (Å²) in [5, 5.41) is 7.87. The third-order valence-corrected chi connectivity index (χ3v) is 6.14. The largest absolute Gasteiger partial charge is 0.494 e. The number of primary sulfonamides is 1. The predicted octanol–water partition coefficient (Wildman–Crippen LogP) is 2.37. The molecule has 1 saturated heterocycles. The van der Waals surface area contributed by atoms with E-state index in [9.17, 15) is 18.0 Å². The topological polar surface area (TPSA) is 119 Å². The van der Waals surface area contributed by atoms with Crippen LogP contribution in [0, 0.1) is 5.92 Å². The Labute approximate surface area is 182 Å². The smallest absolute Gasteiger partial charge is 0.238 e. The average Bonchev–Trinajstić information content (AvgIpc) is 2.77. The van der Waals surface area contributed by atoms with Crippen molar-refractivity contribution < 1.29 is 22.7 Å². The molecule has 1 aliphatic rings. The number of para-hydroxylation sites is 1. The first kappa shape index (κ1) is 22.8. The number of amides is 2. The van der Waals surface area contributed by atoms with Crippen LogP contribution >= 0.6 is 0 Å². The molecule has 2 aromatic rings. The summed E-state index contributed by atoms with van der Waals surface area (Å²) in [4.78, 5) is 26.7. The first-order chi connectivity index (χ1) is 14.8. The van der Waals surface area contributed by atoms with Crippen molar-refractivity contribution in [3.63, 3.8) is 0 Å². The highest BCUT2D eigenvalue weighted by molar-refractivity contribution is 7.89. The molecule has 2 amide bonds. The van der Waals surface area contributed by atoms with E-state index in [1.165, 1.54) is 24.3 Å². The summed E-state index contributed by atoms with van der Waals surface area (Å²) < 4.78 is 28.2. The van der Waals surface area contributed by atoms with E-state index in [-0.39, 0.29) is 22.6 Å². The molecule has 0 spiro atoms. The molecule has 166 valence electrons. The van der Waals surface area contributed by atoms with Crippen molar-refractivity contribution >= 4 is 27.5 Å². The van der Waals surface area contributed by atoms with Crippen LogP contribution in [-0.2, 0) is 19.6 Å². The van der Waals surface area contributed by atoms with Gasteiger partial charge in [0.05, 0.1) is 11.5 Å². The Bertz CT molecular complexity index is 986. The third-order valence-electron chi connectivity index (χ3n) is 5.22. The Morgan fingerprint density at radius 1 is 1.03 bits per heavy atom. The maximum atomic E-state index is 12.5. The monoisotopic (exact) mass is 445 g/mol. The lowest BCUT2D eigenvalue weighted by molar-refractivity contribution is -0.134. The summed E-state index contributed by atoms with van der Waals surface area (Å²) in [5.74, 6) is 0.547. The number of sulfonamides is 1. The Balaban J connectivity index is 1.38. The number of likely N-dealkylation sites (tertiary alicyclic amines) is 1. The van der Waals surface area contributed by atoms with Crippen LogP contribution < -0.4 is 15.2 Å². The number of piperidine rings is 1. The van der Waals surface area contributed by atoms with E-state index in [2.05, 4.69) is 5.32 Å². The lowest BCUT2D eigenvalue weighted by Gasteiger charge is -2.31. The molecule has 1 heterocycles. The standard InChI is InChI=1S/C22H27N3O5S/c23-31(28,29)20-10-8-18(9-11-20)24-22(27)17-12-14-25(15-13-17)21(26)7-4-16-30-19-5-2-1-3-6-19/h1-3,5-6,8-11,17H,4,7,12-16H2,(H,24,27)(H2,23,28,29). The molecule has 1 aliphatic heterocycles. The molecule has 8 nitrogen and oxygen atoms in total. The van der Waals surface area contributed by atoms with Crippen LogP contribution in [0.1, 0.15) is 25.7 Å². The van der Waals surface area contributed by atoms with Gasteiger partial charge in [0.15, 0.2) is 0 Å². The first-order valence-electron chi connectivity index (χ1n) is 10.2. The normalized spacial score (nSPS) is 14.8. The van der Waals surface area contributed by atoms with Gasteiger partial charge in [0.2, 0.25) is 21.8 Å². The van der Waals surface area contributed by atoms with Gasteiger partial charge in [-0.05, 0) is 55.7 Å². The fourth-order valence-corrected chi connectivity index (χ4v) is 3.97. The second-order valence-corrected chi connectivity index (χ2v) is 9.04. The van der Waals surface area contributed by atoms with Crippen molar-refractivity contribution in [1.29, 1.82) is 0 Å². The minimum Gasteiger partial charge on any atom is -0.494 e. The number of nitrogens with zero attached hydrogens (tertiary/aromatic N) is 1. The number of anilines is 1. The van der Waals surface area contributed by atoms with Crippen LogP contribution in [0.4, 0.5) is 5.69 Å². The number of hydrogen-bond acceptors (Lipinski definition) is 5. The van der Waals surface area contributed by atoms with Crippen LogP contribution in [-0.4, -0.2) is 44.8 Å². The van der Waals surface area contributed by atoms with E-state index in [1.807, 2.05) is 30.3 Å². The molecule has 0 unspecified atom stereocenters. The maximum absolute atomic E-state index is 12.5. The van der Waals surface area contributed by atoms with Gasteiger partial charge in [-0.1, -0.05) is 18.2 Å². The SMILES string of the molecule is NS(=O)(=O)c1ccc(NC(=O)C2CCN(C(=O)CCCOc3ccccc3)CC2)cc1. The summed E-state index contributed by atoms with van der Waals surface area (Å²) in [6.07, 6.45) is 2.24. The second-order valence-electron chi connectivity index (χ2n) is 7.48. The minimum atomic E-state index is -3.76. The molecule has 0 atom stereocenters. The average molecular weight is 446 g/mol. The molecule has 0 bridgehead atoms. The number of carbonyl (C=O) groups is 2. The Morgan fingerprint density at radius 2 is 1.68 bits per heavy atom.